The molecule has 1 amide bonds. The van der Waals surface area contributed by atoms with Crippen LogP contribution >= 0.6 is 0 Å². The topological polar surface area (TPSA) is 45.2 Å². The fourth-order valence-corrected chi connectivity index (χ4v) is 2.62. The fraction of sp³-hybridized carbons (Fsp3) is 0.294. The third kappa shape index (κ3) is 3.24. The highest BCUT2D eigenvalue weighted by molar-refractivity contribution is 5.93. The normalized spacial score (nSPS) is 14.1. The molecule has 1 N–H and O–H groups in total. The molecule has 4 nitrogen and oxygen atoms in total. The Kier molecular flexibility index (Phi) is 4.32. The van der Waals surface area contributed by atoms with Crippen LogP contribution in [-0.4, -0.2) is 24.0 Å². The average Bonchev–Trinajstić information content (AvgIpc) is 3.08. The van der Waals surface area contributed by atoms with E-state index in [9.17, 15) is 9.18 Å². The summed E-state index contributed by atoms with van der Waals surface area (Å²) < 4.78 is 13.5. The molecule has 1 saturated heterocycles. The van der Waals surface area contributed by atoms with Crippen LogP contribution in [0.15, 0.2) is 42.6 Å². The van der Waals surface area contributed by atoms with Crippen molar-refractivity contribution in [2.45, 2.75) is 19.4 Å². The summed E-state index contributed by atoms with van der Waals surface area (Å²) in [4.78, 5) is 18.5. The van der Waals surface area contributed by atoms with Gasteiger partial charge in [-0.05, 0) is 31.0 Å². The third-order valence-corrected chi connectivity index (χ3v) is 3.84. The Morgan fingerprint density at radius 1 is 1.23 bits per heavy atom. The van der Waals surface area contributed by atoms with Crippen LogP contribution in [0.2, 0.25) is 0 Å². The predicted octanol–water partition coefficient (Wildman–Crippen LogP) is 2.75. The van der Waals surface area contributed by atoms with Crippen molar-refractivity contribution in [1.29, 1.82) is 0 Å². The lowest BCUT2D eigenvalue weighted by molar-refractivity contribution is 0.0945. The Morgan fingerprint density at radius 3 is 2.77 bits per heavy atom. The number of rotatable bonds is 4. The molecule has 22 heavy (non-hydrogen) atoms. The van der Waals surface area contributed by atoms with Crippen molar-refractivity contribution < 1.29 is 9.18 Å². The lowest BCUT2D eigenvalue weighted by Gasteiger charge is -2.17. The van der Waals surface area contributed by atoms with Gasteiger partial charge in [-0.2, -0.15) is 0 Å². The van der Waals surface area contributed by atoms with Crippen molar-refractivity contribution in [2.75, 3.05) is 18.0 Å². The predicted molar refractivity (Wildman–Crippen MR) is 83.3 cm³/mol. The summed E-state index contributed by atoms with van der Waals surface area (Å²) in [6.07, 6.45) is 4.00. The first kappa shape index (κ1) is 14.5. The molecular weight excluding hydrogens is 281 g/mol. The summed E-state index contributed by atoms with van der Waals surface area (Å²) in [5.74, 6) is -0.606. The Labute approximate surface area is 129 Å². The lowest BCUT2D eigenvalue weighted by atomic mass is 10.2. The molecule has 0 radical (unpaired) electrons. The molecule has 2 heterocycles. The highest BCUT2D eigenvalue weighted by Crippen LogP contribution is 2.20. The van der Waals surface area contributed by atoms with Crippen LogP contribution in [0, 0.1) is 5.82 Å². The van der Waals surface area contributed by atoms with Crippen molar-refractivity contribution in [3.05, 3.63) is 59.7 Å². The molecule has 0 spiro atoms. The number of amides is 1. The van der Waals surface area contributed by atoms with Gasteiger partial charge in [-0.15, -0.1) is 0 Å². The van der Waals surface area contributed by atoms with Crippen LogP contribution in [-0.2, 0) is 6.54 Å². The van der Waals surface area contributed by atoms with E-state index in [1.54, 1.807) is 30.5 Å². The number of benzene rings is 1. The number of nitrogens with zero attached hydrogens (tertiary/aromatic N) is 2. The second-order valence-corrected chi connectivity index (χ2v) is 5.37. The minimum Gasteiger partial charge on any atom is -0.371 e. The van der Waals surface area contributed by atoms with Crippen molar-refractivity contribution in [2.24, 2.45) is 0 Å². The van der Waals surface area contributed by atoms with Crippen molar-refractivity contribution in [1.82, 2.24) is 10.3 Å². The SMILES string of the molecule is O=C(NCc1ccccc1F)c1cc(N2CCCC2)ccn1. The number of aromatic nitrogens is 1. The van der Waals surface area contributed by atoms with E-state index in [1.165, 1.54) is 18.9 Å². The van der Waals surface area contributed by atoms with E-state index in [0.29, 0.717) is 11.3 Å². The van der Waals surface area contributed by atoms with Gasteiger partial charge in [0, 0.05) is 37.1 Å². The number of hydrogen-bond donors (Lipinski definition) is 1. The maximum absolute atomic E-state index is 13.5. The van der Waals surface area contributed by atoms with Gasteiger partial charge in [0.1, 0.15) is 11.5 Å². The number of anilines is 1. The summed E-state index contributed by atoms with van der Waals surface area (Å²) in [6.45, 7) is 2.18. The Balaban J connectivity index is 1.67. The molecule has 114 valence electrons. The smallest absolute Gasteiger partial charge is 0.270 e. The van der Waals surface area contributed by atoms with Crippen LogP contribution in [0.25, 0.3) is 0 Å². The number of carbonyl (C=O) groups is 1. The standard InChI is InChI=1S/C17H18FN3O/c18-15-6-2-1-5-13(15)12-20-17(22)16-11-14(7-8-19-16)21-9-3-4-10-21/h1-2,5-8,11H,3-4,9-10,12H2,(H,20,22). The van der Waals surface area contributed by atoms with Crippen LogP contribution in [0.4, 0.5) is 10.1 Å². The molecule has 1 fully saturated rings. The van der Waals surface area contributed by atoms with Crippen LogP contribution < -0.4 is 10.2 Å². The maximum Gasteiger partial charge on any atom is 0.270 e. The van der Waals surface area contributed by atoms with Gasteiger partial charge in [-0.25, -0.2) is 4.39 Å². The van der Waals surface area contributed by atoms with Crippen molar-refractivity contribution in [3.63, 3.8) is 0 Å². The maximum atomic E-state index is 13.5. The van der Waals surface area contributed by atoms with Gasteiger partial charge in [-0.1, -0.05) is 18.2 Å². The van der Waals surface area contributed by atoms with E-state index in [0.717, 1.165) is 18.8 Å². The molecule has 0 atom stereocenters. The number of hydrogen-bond acceptors (Lipinski definition) is 3. The molecule has 1 aromatic carbocycles. The van der Waals surface area contributed by atoms with Crippen LogP contribution in [0.1, 0.15) is 28.9 Å². The molecule has 0 aliphatic carbocycles. The lowest BCUT2D eigenvalue weighted by Crippen LogP contribution is -2.25. The zero-order valence-corrected chi connectivity index (χ0v) is 12.3. The molecule has 1 aliphatic heterocycles. The Bertz CT molecular complexity index is 668. The quantitative estimate of drug-likeness (QED) is 0.944. The molecule has 2 aromatic rings. The molecule has 0 saturated carbocycles. The second kappa shape index (κ2) is 6.56. The summed E-state index contributed by atoms with van der Waals surface area (Å²) in [6, 6.07) is 10.1. The van der Waals surface area contributed by atoms with Gasteiger partial charge < -0.3 is 10.2 Å². The monoisotopic (exact) mass is 299 g/mol. The number of halogens is 1. The van der Waals surface area contributed by atoms with Crippen molar-refractivity contribution in [3.8, 4) is 0 Å². The number of nitrogens with one attached hydrogen (secondary N) is 1. The molecule has 0 unspecified atom stereocenters. The third-order valence-electron chi connectivity index (χ3n) is 3.84. The molecule has 3 rings (SSSR count). The van der Waals surface area contributed by atoms with E-state index in [-0.39, 0.29) is 18.3 Å². The molecule has 0 bridgehead atoms. The second-order valence-electron chi connectivity index (χ2n) is 5.37. The summed E-state index contributed by atoms with van der Waals surface area (Å²) in [5, 5.41) is 2.71. The zero-order valence-electron chi connectivity index (χ0n) is 12.3. The fourth-order valence-electron chi connectivity index (χ4n) is 2.62. The molecule has 5 heteroatoms. The highest BCUT2D eigenvalue weighted by atomic mass is 19.1. The van der Waals surface area contributed by atoms with Gasteiger partial charge in [0.25, 0.3) is 5.91 Å². The van der Waals surface area contributed by atoms with Crippen LogP contribution in [0.3, 0.4) is 0 Å². The van der Waals surface area contributed by atoms with E-state index in [4.69, 9.17) is 0 Å². The highest BCUT2D eigenvalue weighted by Gasteiger charge is 2.15. The zero-order chi connectivity index (χ0) is 15.4. The van der Waals surface area contributed by atoms with Crippen LogP contribution in [0.5, 0.6) is 0 Å². The van der Waals surface area contributed by atoms with E-state index < -0.39 is 0 Å². The van der Waals surface area contributed by atoms with Gasteiger partial charge in [-0.3, -0.25) is 9.78 Å². The largest absolute Gasteiger partial charge is 0.371 e. The molecular formula is C17H18FN3O. The Morgan fingerprint density at radius 2 is 2.00 bits per heavy atom. The van der Waals surface area contributed by atoms with E-state index >= 15 is 0 Å². The van der Waals surface area contributed by atoms with Gasteiger partial charge in [0.15, 0.2) is 0 Å². The van der Waals surface area contributed by atoms with E-state index in [1.807, 2.05) is 6.07 Å². The van der Waals surface area contributed by atoms with E-state index in [2.05, 4.69) is 15.2 Å². The van der Waals surface area contributed by atoms with Gasteiger partial charge in [0.05, 0.1) is 0 Å². The molecule has 1 aromatic heterocycles. The first-order chi connectivity index (χ1) is 10.7. The summed E-state index contributed by atoms with van der Waals surface area (Å²) in [7, 11) is 0. The van der Waals surface area contributed by atoms with Gasteiger partial charge >= 0.3 is 0 Å². The minimum absolute atomic E-state index is 0.154. The number of carbonyl (C=O) groups excluding carboxylic acids is 1. The van der Waals surface area contributed by atoms with Gasteiger partial charge in [0.2, 0.25) is 0 Å². The molecule has 1 aliphatic rings. The first-order valence-corrected chi connectivity index (χ1v) is 7.46. The summed E-state index contributed by atoms with van der Waals surface area (Å²) >= 11 is 0. The van der Waals surface area contributed by atoms with Crippen molar-refractivity contribution >= 4 is 11.6 Å². The Hall–Kier alpha value is -2.43. The minimum atomic E-state index is -0.318. The average molecular weight is 299 g/mol. The summed E-state index contributed by atoms with van der Waals surface area (Å²) in [5.41, 5.74) is 1.84. The first-order valence-electron chi connectivity index (χ1n) is 7.46. The number of pyridine rings is 1.